The van der Waals surface area contributed by atoms with Crippen LogP contribution in [0.1, 0.15) is 45.4 Å². The van der Waals surface area contributed by atoms with Crippen LogP contribution in [0.15, 0.2) is 0 Å². The molecule has 0 aromatic rings. The molecular formula is C12H23NO. The number of likely N-dealkylation sites (tertiary alicyclic amines) is 1. The summed E-state index contributed by atoms with van der Waals surface area (Å²) in [6, 6.07) is 0. The highest BCUT2D eigenvalue weighted by molar-refractivity contribution is 4.93. The molecule has 2 nitrogen and oxygen atoms in total. The number of hydrogen-bond donors (Lipinski definition) is 1. The van der Waals surface area contributed by atoms with Gasteiger partial charge in [-0.3, -0.25) is 0 Å². The number of piperidine rings is 1. The molecule has 0 spiro atoms. The fraction of sp³-hybridized carbons (Fsp3) is 1.00. The lowest BCUT2D eigenvalue weighted by molar-refractivity contribution is -0.0368. The topological polar surface area (TPSA) is 23.5 Å². The predicted octanol–water partition coefficient (Wildman–Crippen LogP) is 2.02. The standard InChI is InChI=1S/C12H23NO/c1-2-13-9-5-11(6-10-13)12(14)7-3-4-8-12/h11,14H,2-10H2,1H3. The third-order valence-corrected chi connectivity index (χ3v) is 4.26. The van der Waals surface area contributed by atoms with E-state index in [2.05, 4.69) is 11.8 Å². The molecule has 82 valence electrons. The molecule has 1 aliphatic carbocycles. The molecule has 1 saturated carbocycles. The van der Waals surface area contributed by atoms with Gasteiger partial charge in [-0.2, -0.15) is 0 Å². The quantitative estimate of drug-likeness (QED) is 0.732. The molecule has 1 heterocycles. The zero-order valence-electron chi connectivity index (χ0n) is 9.34. The molecular weight excluding hydrogens is 174 g/mol. The summed E-state index contributed by atoms with van der Waals surface area (Å²) in [5.74, 6) is 0.591. The molecule has 2 rings (SSSR count). The molecule has 0 aromatic heterocycles. The molecule has 2 heteroatoms. The van der Waals surface area contributed by atoms with Gasteiger partial charge in [0.1, 0.15) is 0 Å². The van der Waals surface area contributed by atoms with Crippen LogP contribution in [-0.2, 0) is 0 Å². The van der Waals surface area contributed by atoms with Gasteiger partial charge in [0.15, 0.2) is 0 Å². The largest absolute Gasteiger partial charge is 0.390 e. The molecule has 14 heavy (non-hydrogen) atoms. The third kappa shape index (κ3) is 1.96. The highest BCUT2D eigenvalue weighted by Gasteiger charge is 2.40. The first kappa shape index (κ1) is 10.4. The van der Waals surface area contributed by atoms with Crippen LogP contribution in [0.4, 0.5) is 0 Å². The summed E-state index contributed by atoms with van der Waals surface area (Å²) in [7, 11) is 0. The Hall–Kier alpha value is -0.0800. The summed E-state index contributed by atoms with van der Waals surface area (Å²) in [5, 5.41) is 10.5. The van der Waals surface area contributed by atoms with E-state index in [4.69, 9.17) is 0 Å². The first-order valence-corrected chi connectivity index (χ1v) is 6.19. The van der Waals surface area contributed by atoms with Crippen LogP contribution in [0.3, 0.4) is 0 Å². The average molecular weight is 197 g/mol. The predicted molar refractivity (Wildman–Crippen MR) is 58.3 cm³/mol. The van der Waals surface area contributed by atoms with Crippen LogP contribution >= 0.6 is 0 Å². The van der Waals surface area contributed by atoms with Crippen LogP contribution in [0, 0.1) is 5.92 Å². The Morgan fingerprint density at radius 1 is 1.21 bits per heavy atom. The summed E-state index contributed by atoms with van der Waals surface area (Å²) in [6.07, 6.45) is 7.03. The van der Waals surface area contributed by atoms with Gasteiger partial charge in [-0.15, -0.1) is 0 Å². The second-order valence-electron chi connectivity index (χ2n) is 5.02. The molecule has 1 saturated heterocycles. The Bertz CT molecular complexity index is 179. The molecule has 0 bridgehead atoms. The van der Waals surface area contributed by atoms with Crippen molar-refractivity contribution in [2.75, 3.05) is 19.6 Å². The number of nitrogens with zero attached hydrogens (tertiary/aromatic N) is 1. The summed E-state index contributed by atoms with van der Waals surface area (Å²) in [6.45, 7) is 5.79. The number of aliphatic hydroxyl groups is 1. The third-order valence-electron chi connectivity index (χ3n) is 4.26. The summed E-state index contributed by atoms with van der Waals surface area (Å²) >= 11 is 0. The van der Waals surface area contributed by atoms with E-state index in [0.29, 0.717) is 5.92 Å². The van der Waals surface area contributed by atoms with E-state index in [1.165, 1.54) is 45.3 Å². The van der Waals surface area contributed by atoms with Gasteiger partial charge < -0.3 is 10.0 Å². The molecule has 2 aliphatic rings. The first-order chi connectivity index (χ1) is 6.74. The SMILES string of the molecule is CCN1CCC(C2(O)CCCC2)CC1. The minimum absolute atomic E-state index is 0.278. The van der Waals surface area contributed by atoms with E-state index in [-0.39, 0.29) is 5.60 Å². The molecule has 0 aromatic carbocycles. The lowest BCUT2D eigenvalue weighted by Gasteiger charge is -2.39. The monoisotopic (exact) mass is 197 g/mol. The van der Waals surface area contributed by atoms with Crippen LogP contribution < -0.4 is 0 Å². The maximum Gasteiger partial charge on any atom is 0.0676 e. The minimum atomic E-state index is -0.278. The first-order valence-electron chi connectivity index (χ1n) is 6.19. The molecule has 0 unspecified atom stereocenters. The highest BCUT2D eigenvalue weighted by atomic mass is 16.3. The molecule has 1 aliphatic heterocycles. The molecule has 0 amide bonds. The Morgan fingerprint density at radius 2 is 1.79 bits per heavy atom. The number of hydrogen-bond acceptors (Lipinski definition) is 2. The van der Waals surface area contributed by atoms with Crippen LogP contribution in [0.2, 0.25) is 0 Å². The van der Waals surface area contributed by atoms with Gasteiger partial charge in [0, 0.05) is 0 Å². The Labute approximate surface area is 87.3 Å². The van der Waals surface area contributed by atoms with Crippen molar-refractivity contribution in [2.45, 2.75) is 51.0 Å². The van der Waals surface area contributed by atoms with Crippen molar-refractivity contribution in [3.05, 3.63) is 0 Å². The van der Waals surface area contributed by atoms with Crippen molar-refractivity contribution < 1.29 is 5.11 Å². The summed E-state index contributed by atoms with van der Waals surface area (Å²) in [5.41, 5.74) is -0.278. The van der Waals surface area contributed by atoms with Gasteiger partial charge in [-0.05, 0) is 51.2 Å². The van der Waals surface area contributed by atoms with Gasteiger partial charge >= 0.3 is 0 Å². The van der Waals surface area contributed by atoms with E-state index in [0.717, 1.165) is 12.8 Å². The zero-order chi connectivity index (χ0) is 10.0. The van der Waals surface area contributed by atoms with Gasteiger partial charge in [0.25, 0.3) is 0 Å². The second-order valence-corrected chi connectivity index (χ2v) is 5.02. The van der Waals surface area contributed by atoms with Gasteiger partial charge in [0.2, 0.25) is 0 Å². The van der Waals surface area contributed by atoms with Gasteiger partial charge in [0.05, 0.1) is 5.60 Å². The number of rotatable bonds is 2. The van der Waals surface area contributed by atoms with E-state index in [1.54, 1.807) is 0 Å². The Kier molecular flexibility index (Phi) is 3.13. The lowest BCUT2D eigenvalue weighted by atomic mass is 9.79. The van der Waals surface area contributed by atoms with E-state index >= 15 is 0 Å². The summed E-state index contributed by atoms with van der Waals surface area (Å²) < 4.78 is 0. The maximum absolute atomic E-state index is 10.5. The average Bonchev–Trinajstić information content (AvgIpc) is 2.67. The van der Waals surface area contributed by atoms with Crippen molar-refractivity contribution >= 4 is 0 Å². The van der Waals surface area contributed by atoms with Crippen molar-refractivity contribution in [3.63, 3.8) is 0 Å². The van der Waals surface area contributed by atoms with Gasteiger partial charge in [-0.1, -0.05) is 19.8 Å². The summed E-state index contributed by atoms with van der Waals surface area (Å²) in [4.78, 5) is 2.49. The van der Waals surface area contributed by atoms with Crippen LogP contribution in [-0.4, -0.2) is 35.2 Å². The van der Waals surface area contributed by atoms with E-state index in [1.807, 2.05) is 0 Å². The Balaban J connectivity index is 1.88. The van der Waals surface area contributed by atoms with Crippen molar-refractivity contribution in [3.8, 4) is 0 Å². The van der Waals surface area contributed by atoms with Crippen molar-refractivity contribution in [1.82, 2.24) is 4.90 Å². The van der Waals surface area contributed by atoms with Crippen LogP contribution in [0.25, 0.3) is 0 Å². The molecule has 2 fully saturated rings. The fourth-order valence-electron chi connectivity index (χ4n) is 3.18. The van der Waals surface area contributed by atoms with Crippen molar-refractivity contribution in [2.24, 2.45) is 5.92 Å². The minimum Gasteiger partial charge on any atom is -0.390 e. The molecule has 0 atom stereocenters. The van der Waals surface area contributed by atoms with E-state index < -0.39 is 0 Å². The molecule has 0 radical (unpaired) electrons. The normalized spacial score (nSPS) is 29.6. The lowest BCUT2D eigenvalue weighted by Crippen LogP contribution is -2.43. The zero-order valence-corrected chi connectivity index (χ0v) is 9.34. The van der Waals surface area contributed by atoms with Gasteiger partial charge in [-0.25, -0.2) is 0 Å². The Morgan fingerprint density at radius 3 is 2.29 bits per heavy atom. The second kappa shape index (κ2) is 4.19. The maximum atomic E-state index is 10.5. The van der Waals surface area contributed by atoms with E-state index in [9.17, 15) is 5.11 Å². The fourth-order valence-corrected chi connectivity index (χ4v) is 3.18. The van der Waals surface area contributed by atoms with Crippen LogP contribution in [0.5, 0.6) is 0 Å². The van der Waals surface area contributed by atoms with Crippen molar-refractivity contribution in [1.29, 1.82) is 0 Å². The smallest absolute Gasteiger partial charge is 0.0676 e. The highest BCUT2D eigenvalue weighted by Crippen LogP contribution is 2.40. The molecule has 1 N–H and O–H groups in total.